The Labute approximate surface area is 236 Å². The number of nitrogens with two attached hydrogens (primary N) is 1. The molecule has 3 aromatic carbocycles. The van der Waals surface area contributed by atoms with Gasteiger partial charge in [-0.25, -0.2) is 13.2 Å². The zero-order valence-corrected chi connectivity index (χ0v) is 23.9. The van der Waals surface area contributed by atoms with Crippen LogP contribution in [-0.2, 0) is 19.4 Å². The van der Waals surface area contributed by atoms with Crippen LogP contribution in [0.2, 0.25) is 0 Å². The fourth-order valence-corrected chi connectivity index (χ4v) is 4.91. The lowest BCUT2D eigenvalue weighted by Crippen LogP contribution is -2.35. The molecule has 2 unspecified atom stereocenters. The van der Waals surface area contributed by atoms with Gasteiger partial charge in [0.25, 0.3) is 5.91 Å². The van der Waals surface area contributed by atoms with E-state index in [0.29, 0.717) is 42.0 Å². The molecule has 2 atom stereocenters. The maximum atomic E-state index is 13.1. The Morgan fingerprint density at radius 3 is 2.35 bits per heavy atom. The molecular formula is C30H37N3O6S. The number of hydrogen-bond acceptors (Lipinski definition) is 7. The Kier molecular flexibility index (Phi) is 11.1. The van der Waals surface area contributed by atoms with Crippen molar-refractivity contribution in [3.63, 3.8) is 0 Å². The molecule has 0 aliphatic rings. The quantitative estimate of drug-likeness (QED) is 0.185. The van der Waals surface area contributed by atoms with E-state index in [1.165, 1.54) is 6.26 Å². The molecule has 0 aliphatic heterocycles. The lowest BCUT2D eigenvalue weighted by atomic mass is 10.1. The Morgan fingerprint density at radius 2 is 1.68 bits per heavy atom. The minimum atomic E-state index is -3.40. The van der Waals surface area contributed by atoms with Crippen LogP contribution in [0.15, 0.2) is 77.7 Å². The van der Waals surface area contributed by atoms with Crippen LogP contribution in [-0.4, -0.2) is 39.4 Å². The summed E-state index contributed by atoms with van der Waals surface area (Å²) in [7, 11) is -3.40. The van der Waals surface area contributed by atoms with Gasteiger partial charge in [0.05, 0.1) is 11.5 Å². The van der Waals surface area contributed by atoms with E-state index in [0.717, 1.165) is 18.4 Å². The van der Waals surface area contributed by atoms with E-state index in [1.807, 2.05) is 13.8 Å². The van der Waals surface area contributed by atoms with Gasteiger partial charge in [-0.3, -0.25) is 4.79 Å². The minimum absolute atomic E-state index is 0.244. The first-order chi connectivity index (χ1) is 19.1. The van der Waals surface area contributed by atoms with Gasteiger partial charge in [0.2, 0.25) is 0 Å². The molecule has 40 heavy (non-hydrogen) atoms. The Hall–Kier alpha value is -3.89. The van der Waals surface area contributed by atoms with Gasteiger partial charge in [-0.15, -0.1) is 0 Å². The van der Waals surface area contributed by atoms with E-state index in [-0.39, 0.29) is 10.8 Å². The number of nitrogens with one attached hydrogen (secondary N) is 2. The SMILES string of the molecule is CCCCOC(=O)NC(N)c1cccc(OC(CCC)C(=O)Nc2ccc(-c3ccccc3S(C)(=O)=O)cc2)c1. The van der Waals surface area contributed by atoms with E-state index < -0.39 is 28.2 Å². The summed E-state index contributed by atoms with van der Waals surface area (Å²) in [5.41, 5.74) is 8.60. The number of unbranched alkanes of at least 4 members (excludes halogenated alkanes) is 1. The number of ether oxygens (including phenoxy) is 2. The van der Waals surface area contributed by atoms with Gasteiger partial charge in [-0.1, -0.05) is 69.2 Å². The normalized spacial score (nSPS) is 12.7. The predicted octanol–water partition coefficient (Wildman–Crippen LogP) is 5.43. The number of hydrogen-bond donors (Lipinski definition) is 3. The number of carbonyl (C=O) groups is 2. The van der Waals surface area contributed by atoms with Gasteiger partial charge < -0.3 is 25.8 Å². The highest BCUT2D eigenvalue weighted by atomic mass is 32.2. The fraction of sp³-hybridized carbons (Fsp3) is 0.333. The Balaban J connectivity index is 1.67. The van der Waals surface area contributed by atoms with Crippen LogP contribution in [0, 0.1) is 0 Å². The van der Waals surface area contributed by atoms with E-state index in [1.54, 1.807) is 72.8 Å². The van der Waals surface area contributed by atoms with E-state index in [4.69, 9.17) is 15.2 Å². The average molecular weight is 568 g/mol. The summed E-state index contributed by atoms with van der Waals surface area (Å²) in [6.45, 7) is 4.28. The molecule has 2 amide bonds. The lowest BCUT2D eigenvalue weighted by molar-refractivity contribution is -0.123. The summed E-state index contributed by atoms with van der Waals surface area (Å²) in [6.07, 6.45) is 1.88. The van der Waals surface area contributed by atoms with Crippen molar-refractivity contribution in [2.45, 2.75) is 56.7 Å². The highest BCUT2D eigenvalue weighted by Crippen LogP contribution is 2.28. The number of anilines is 1. The van der Waals surface area contributed by atoms with Crippen LogP contribution in [0.4, 0.5) is 10.5 Å². The van der Waals surface area contributed by atoms with Crippen LogP contribution < -0.4 is 21.1 Å². The van der Waals surface area contributed by atoms with E-state index in [9.17, 15) is 18.0 Å². The smallest absolute Gasteiger partial charge is 0.408 e. The summed E-state index contributed by atoms with van der Waals surface area (Å²) in [4.78, 5) is 25.3. The molecule has 0 aliphatic carbocycles. The van der Waals surface area contributed by atoms with Gasteiger partial charge in [-0.05, 0) is 54.3 Å². The van der Waals surface area contributed by atoms with Crippen molar-refractivity contribution < 1.29 is 27.5 Å². The number of sulfone groups is 1. The van der Waals surface area contributed by atoms with Crippen LogP contribution >= 0.6 is 0 Å². The molecule has 0 radical (unpaired) electrons. The van der Waals surface area contributed by atoms with Gasteiger partial charge >= 0.3 is 6.09 Å². The first-order valence-corrected chi connectivity index (χ1v) is 15.2. The van der Waals surface area contributed by atoms with E-state index in [2.05, 4.69) is 10.6 Å². The minimum Gasteiger partial charge on any atom is -0.481 e. The van der Waals surface area contributed by atoms with Crippen molar-refractivity contribution in [3.05, 3.63) is 78.4 Å². The van der Waals surface area contributed by atoms with Crippen LogP contribution in [0.5, 0.6) is 5.75 Å². The molecule has 0 aromatic heterocycles. The first kappa shape index (κ1) is 30.6. The summed E-state index contributed by atoms with van der Waals surface area (Å²) in [5, 5.41) is 5.47. The summed E-state index contributed by atoms with van der Waals surface area (Å²) < 4.78 is 35.5. The van der Waals surface area contributed by atoms with Crippen molar-refractivity contribution in [2.75, 3.05) is 18.2 Å². The van der Waals surface area contributed by atoms with Crippen LogP contribution in [0.25, 0.3) is 11.1 Å². The topological polar surface area (TPSA) is 137 Å². The van der Waals surface area contributed by atoms with Crippen molar-refractivity contribution >= 4 is 27.5 Å². The van der Waals surface area contributed by atoms with Crippen molar-refractivity contribution in [1.82, 2.24) is 5.32 Å². The van der Waals surface area contributed by atoms with Crippen molar-refractivity contribution in [2.24, 2.45) is 5.73 Å². The third-order valence-corrected chi connectivity index (χ3v) is 7.25. The molecule has 214 valence electrons. The maximum Gasteiger partial charge on any atom is 0.408 e. The number of alkyl carbamates (subject to hydrolysis) is 1. The molecule has 0 heterocycles. The van der Waals surface area contributed by atoms with Gasteiger partial charge in [-0.2, -0.15) is 0 Å². The Morgan fingerprint density at radius 1 is 0.950 bits per heavy atom. The second-order valence-corrected chi connectivity index (χ2v) is 11.4. The summed E-state index contributed by atoms with van der Waals surface area (Å²) in [6, 6.07) is 20.7. The molecule has 3 aromatic rings. The molecule has 0 spiro atoms. The van der Waals surface area contributed by atoms with Crippen molar-refractivity contribution in [1.29, 1.82) is 0 Å². The summed E-state index contributed by atoms with van der Waals surface area (Å²) in [5.74, 6) is 0.119. The third-order valence-electron chi connectivity index (χ3n) is 6.09. The molecule has 9 nitrogen and oxygen atoms in total. The molecule has 10 heteroatoms. The van der Waals surface area contributed by atoms with Crippen LogP contribution in [0.1, 0.15) is 51.3 Å². The molecule has 0 fully saturated rings. The van der Waals surface area contributed by atoms with E-state index >= 15 is 0 Å². The summed E-state index contributed by atoms with van der Waals surface area (Å²) >= 11 is 0. The average Bonchev–Trinajstić information content (AvgIpc) is 2.93. The molecule has 0 bridgehead atoms. The standard InChI is InChI=1S/C30H37N3O6S/c1-4-6-19-38-30(35)33-28(31)22-11-9-12-24(20-22)39-26(10-5-2)29(34)32-23-17-15-21(16-18-23)25-13-7-8-14-27(25)40(3,36)37/h7-9,11-18,20,26,28H,4-6,10,19,31H2,1-3H3,(H,32,34)(H,33,35). The molecule has 0 saturated heterocycles. The maximum absolute atomic E-state index is 13.1. The first-order valence-electron chi connectivity index (χ1n) is 13.3. The van der Waals surface area contributed by atoms with Crippen molar-refractivity contribution in [3.8, 4) is 16.9 Å². The predicted molar refractivity (Wildman–Crippen MR) is 156 cm³/mol. The fourth-order valence-electron chi connectivity index (χ4n) is 4.00. The molecule has 3 rings (SSSR count). The zero-order valence-electron chi connectivity index (χ0n) is 23.1. The Bertz CT molecular complexity index is 1390. The number of amides is 2. The monoisotopic (exact) mass is 567 g/mol. The lowest BCUT2D eigenvalue weighted by Gasteiger charge is -2.20. The number of rotatable bonds is 13. The number of carbonyl (C=O) groups excluding carboxylic acids is 2. The second kappa shape index (κ2) is 14.5. The van der Waals surface area contributed by atoms with Gasteiger partial charge in [0.15, 0.2) is 15.9 Å². The van der Waals surface area contributed by atoms with Gasteiger partial charge in [0, 0.05) is 17.5 Å². The second-order valence-electron chi connectivity index (χ2n) is 9.41. The molecule has 4 N–H and O–H groups in total. The van der Waals surface area contributed by atoms with Gasteiger partial charge in [0.1, 0.15) is 11.9 Å². The highest BCUT2D eigenvalue weighted by molar-refractivity contribution is 7.90. The highest BCUT2D eigenvalue weighted by Gasteiger charge is 2.21. The zero-order chi connectivity index (χ0) is 29.1. The molecular weight excluding hydrogens is 530 g/mol. The largest absolute Gasteiger partial charge is 0.481 e. The third kappa shape index (κ3) is 8.82. The number of benzene rings is 3. The van der Waals surface area contributed by atoms with Crippen LogP contribution in [0.3, 0.4) is 0 Å². The molecule has 0 saturated carbocycles.